The lowest BCUT2D eigenvalue weighted by Gasteiger charge is -2.11. The molecule has 8 heteroatoms. The van der Waals surface area contributed by atoms with Crippen LogP contribution in [0.5, 0.6) is 0 Å². The fourth-order valence-corrected chi connectivity index (χ4v) is 2.93. The zero-order chi connectivity index (χ0) is 17.1. The minimum absolute atomic E-state index is 0.0258. The van der Waals surface area contributed by atoms with Crippen molar-refractivity contribution in [1.29, 1.82) is 0 Å². The lowest BCUT2D eigenvalue weighted by Crippen LogP contribution is -2.28. The molecule has 1 atom stereocenters. The number of aliphatic hydroxyl groups is 1. The Labute approximate surface area is 141 Å². The van der Waals surface area contributed by atoms with E-state index in [2.05, 4.69) is 15.4 Å². The Morgan fingerprint density at radius 3 is 3.04 bits per heavy atom. The van der Waals surface area contributed by atoms with Crippen LogP contribution in [-0.4, -0.2) is 32.3 Å². The van der Waals surface area contributed by atoms with Crippen LogP contribution in [-0.2, 0) is 7.05 Å². The van der Waals surface area contributed by atoms with Crippen molar-refractivity contribution in [3.63, 3.8) is 0 Å². The van der Waals surface area contributed by atoms with Crippen LogP contribution in [0.15, 0.2) is 42.0 Å². The van der Waals surface area contributed by atoms with Gasteiger partial charge in [-0.25, -0.2) is 9.37 Å². The highest BCUT2D eigenvalue weighted by molar-refractivity contribution is 7.13. The SMILES string of the molecule is Cn1cc(-c2nc(C(=O)NC[C@@H](O)c3cccc(F)c3)cs2)cn1. The van der Waals surface area contributed by atoms with Gasteiger partial charge in [0.25, 0.3) is 5.91 Å². The highest BCUT2D eigenvalue weighted by Crippen LogP contribution is 2.23. The Kier molecular flexibility index (Phi) is 4.68. The van der Waals surface area contributed by atoms with Crippen molar-refractivity contribution in [3.8, 4) is 10.6 Å². The first-order valence-electron chi connectivity index (χ1n) is 7.19. The van der Waals surface area contributed by atoms with E-state index in [9.17, 15) is 14.3 Å². The first-order valence-corrected chi connectivity index (χ1v) is 8.07. The number of carbonyl (C=O) groups excluding carboxylic acids is 1. The second kappa shape index (κ2) is 6.90. The third kappa shape index (κ3) is 3.66. The highest BCUT2D eigenvalue weighted by Gasteiger charge is 2.15. The fourth-order valence-electron chi connectivity index (χ4n) is 2.15. The lowest BCUT2D eigenvalue weighted by atomic mass is 10.1. The Morgan fingerprint density at radius 2 is 2.33 bits per heavy atom. The average molecular weight is 346 g/mol. The van der Waals surface area contributed by atoms with Gasteiger partial charge in [-0.05, 0) is 17.7 Å². The van der Waals surface area contributed by atoms with Crippen molar-refractivity contribution in [3.05, 3.63) is 59.1 Å². The van der Waals surface area contributed by atoms with E-state index in [4.69, 9.17) is 0 Å². The van der Waals surface area contributed by atoms with Gasteiger partial charge in [0.1, 0.15) is 16.5 Å². The van der Waals surface area contributed by atoms with Crippen LogP contribution in [0.3, 0.4) is 0 Å². The minimum Gasteiger partial charge on any atom is -0.387 e. The van der Waals surface area contributed by atoms with Gasteiger partial charge >= 0.3 is 0 Å². The third-order valence-electron chi connectivity index (χ3n) is 3.38. The van der Waals surface area contributed by atoms with Gasteiger partial charge in [0.2, 0.25) is 0 Å². The van der Waals surface area contributed by atoms with Gasteiger partial charge in [0, 0.05) is 30.7 Å². The number of nitrogens with zero attached hydrogens (tertiary/aromatic N) is 3. The smallest absolute Gasteiger partial charge is 0.270 e. The number of carbonyl (C=O) groups is 1. The second-order valence-electron chi connectivity index (χ2n) is 5.22. The summed E-state index contributed by atoms with van der Waals surface area (Å²) >= 11 is 1.34. The summed E-state index contributed by atoms with van der Waals surface area (Å²) < 4.78 is 14.8. The number of rotatable bonds is 5. The molecular formula is C16H15FN4O2S. The van der Waals surface area contributed by atoms with E-state index in [0.717, 1.165) is 5.56 Å². The lowest BCUT2D eigenvalue weighted by molar-refractivity contribution is 0.0912. The molecule has 2 N–H and O–H groups in total. The van der Waals surface area contributed by atoms with E-state index in [1.165, 1.54) is 29.5 Å². The molecule has 0 aliphatic heterocycles. The number of aryl methyl sites for hydroxylation is 1. The van der Waals surface area contributed by atoms with Crippen LogP contribution in [0.2, 0.25) is 0 Å². The van der Waals surface area contributed by atoms with Crippen LogP contribution in [0.1, 0.15) is 22.2 Å². The average Bonchev–Trinajstić information content (AvgIpc) is 3.21. The summed E-state index contributed by atoms with van der Waals surface area (Å²) in [6, 6.07) is 5.64. The molecule has 1 aromatic carbocycles. The van der Waals surface area contributed by atoms with Crippen LogP contribution >= 0.6 is 11.3 Å². The van der Waals surface area contributed by atoms with Gasteiger partial charge in [-0.3, -0.25) is 9.48 Å². The number of thiazole rings is 1. The summed E-state index contributed by atoms with van der Waals surface area (Å²) in [7, 11) is 1.80. The predicted octanol–water partition coefficient (Wildman–Crippen LogP) is 2.15. The molecule has 3 aromatic rings. The van der Waals surface area contributed by atoms with E-state index in [1.807, 2.05) is 6.20 Å². The van der Waals surface area contributed by atoms with Gasteiger partial charge in [0.15, 0.2) is 0 Å². The molecule has 0 aliphatic carbocycles. The number of halogens is 1. The van der Waals surface area contributed by atoms with Crippen molar-refractivity contribution in [1.82, 2.24) is 20.1 Å². The number of aliphatic hydroxyl groups excluding tert-OH is 1. The molecule has 2 aromatic heterocycles. The van der Waals surface area contributed by atoms with Crippen molar-refractivity contribution < 1.29 is 14.3 Å². The van der Waals surface area contributed by atoms with E-state index >= 15 is 0 Å². The first kappa shape index (κ1) is 16.3. The molecule has 2 heterocycles. The molecule has 124 valence electrons. The van der Waals surface area contributed by atoms with Crippen molar-refractivity contribution >= 4 is 17.2 Å². The summed E-state index contributed by atoms with van der Waals surface area (Å²) in [5.74, 6) is -0.824. The zero-order valence-corrected chi connectivity index (χ0v) is 13.6. The van der Waals surface area contributed by atoms with Crippen molar-refractivity contribution in [2.24, 2.45) is 7.05 Å². The van der Waals surface area contributed by atoms with Gasteiger partial charge in [-0.2, -0.15) is 5.10 Å². The quantitative estimate of drug-likeness (QED) is 0.742. The number of hydrogen-bond donors (Lipinski definition) is 2. The molecule has 0 saturated carbocycles. The number of benzene rings is 1. The van der Waals surface area contributed by atoms with Gasteiger partial charge in [-0.1, -0.05) is 12.1 Å². The Morgan fingerprint density at radius 1 is 1.50 bits per heavy atom. The molecule has 1 amide bonds. The Hall–Kier alpha value is -2.58. The summed E-state index contributed by atoms with van der Waals surface area (Å²) in [5.41, 5.74) is 1.51. The van der Waals surface area contributed by atoms with Crippen molar-refractivity contribution in [2.75, 3.05) is 6.54 Å². The summed E-state index contributed by atoms with van der Waals surface area (Å²) in [4.78, 5) is 16.4. The van der Waals surface area contributed by atoms with Crippen molar-refractivity contribution in [2.45, 2.75) is 6.10 Å². The molecule has 0 fully saturated rings. The molecule has 0 spiro atoms. The van der Waals surface area contributed by atoms with Gasteiger partial charge < -0.3 is 10.4 Å². The maximum Gasteiger partial charge on any atom is 0.270 e. The minimum atomic E-state index is -0.985. The van der Waals surface area contributed by atoms with E-state index < -0.39 is 17.8 Å². The standard InChI is InChI=1S/C16H15FN4O2S/c1-21-8-11(6-19-21)16-20-13(9-24-16)15(23)18-7-14(22)10-3-2-4-12(17)5-10/h2-6,8-9,14,22H,7H2,1H3,(H,18,23)/t14-/m1/s1. The largest absolute Gasteiger partial charge is 0.387 e. The Balaban J connectivity index is 1.62. The monoisotopic (exact) mass is 346 g/mol. The molecule has 24 heavy (non-hydrogen) atoms. The molecule has 0 radical (unpaired) electrons. The van der Waals surface area contributed by atoms with Crippen LogP contribution in [0.25, 0.3) is 10.6 Å². The summed E-state index contributed by atoms with van der Waals surface area (Å²) in [6.07, 6.45) is 2.50. The molecular weight excluding hydrogens is 331 g/mol. The van der Waals surface area contributed by atoms with E-state index in [1.54, 1.807) is 29.4 Å². The van der Waals surface area contributed by atoms with E-state index in [0.29, 0.717) is 10.6 Å². The van der Waals surface area contributed by atoms with Gasteiger partial charge in [-0.15, -0.1) is 11.3 Å². The molecule has 0 unspecified atom stereocenters. The van der Waals surface area contributed by atoms with E-state index in [-0.39, 0.29) is 12.2 Å². The predicted molar refractivity (Wildman–Crippen MR) is 88.0 cm³/mol. The summed E-state index contributed by atoms with van der Waals surface area (Å²) in [6.45, 7) is -0.0258. The molecule has 0 bridgehead atoms. The topological polar surface area (TPSA) is 80.0 Å². The number of amides is 1. The first-order chi connectivity index (χ1) is 11.5. The fraction of sp³-hybridized carbons (Fsp3) is 0.188. The number of nitrogens with one attached hydrogen (secondary N) is 1. The van der Waals surface area contributed by atoms with Crippen LogP contribution in [0.4, 0.5) is 4.39 Å². The second-order valence-corrected chi connectivity index (χ2v) is 6.08. The molecule has 0 saturated heterocycles. The molecule has 0 aliphatic rings. The number of hydrogen-bond acceptors (Lipinski definition) is 5. The molecule has 3 rings (SSSR count). The molecule has 6 nitrogen and oxygen atoms in total. The van der Waals surface area contributed by atoms with Crippen LogP contribution < -0.4 is 5.32 Å². The van der Waals surface area contributed by atoms with Crippen LogP contribution in [0, 0.1) is 5.82 Å². The van der Waals surface area contributed by atoms with Gasteiger partial charge in [0.05, 0.1) is 12.3 Å². The highest BCUT2D eigenvalue weighted by atomic mass is 32.1. The summed E-state index contributed by atoms with van der Waals surface area (Å²) in [5, 5.41) is 19.0. The third-order valence-corrected chi connectivity index (χ3v) is 4.27. The Bertz CT molecular complexity index is 861. The normalized spacial score (nSPS) is 12.1. The zero-order valence-electron chi connectivity index (χ0n) is 12.8. The maximum absolute atomic E-state index is 13.1. The number of aromatic nitrogens is 3. The maximum atomic E-state index is 13.1.